The fourth-order valence-corrected chi connectivity index (χ4v) is 1.72. The average molecular weight is 296 g/mol. The van der Waals surface area contributed by atoms with Gasteiger partial charge in [-0.1, -0.05) is 0 Å². The zero-order chi connectivity index (χ0) is 15.5. The van der Waals surface area contributed by atoms with Crippen LogP contribution in [-0.4, -0.2) is 55.3 Å². The molecule has 1 rings (SSSR count). The monoisotopic (exact) mass is 296 g/mol. The highest BCUT2D eigenvalue weighted by molar-refractivity contribution is 5.92. The van der Waals surface area contributed by atoms with E-state index < -0.39 is 0 Å². The molecule has 0 unspecified atom stereocenters. The highest BCUT2D eigenvalue weighted by Crippen LogP contribution is 2.07. The number of nitrogens with one attached hydrogen (secondary N) is 1. The van der Waals surface area contributed by atoms with Gasteiger partial charge in [0.1, 0.15) is 5.69 Å². The van der Waals surface area contributed by atoms with Crippen molar-refractivity contribution in [3.8, 4) is 0 Å². The van der Waals surface area contributed by atoms with Crippen LogP contribution in [0.25, 0.3) is 0 Å². The summed E-state index contributed by atoms with van der Waals surface area (Å²) in [6.07, 6.45) is 1.52. The van der Waals surface area contributed by atoms with Crippen molar-refractivity contribution in [2.24, 2.45) is 5.84 Å². The number of hydrogen-bond acceptors (Lipinski definition) is 6. The number of nitrogens with two attached hydrogens (primary N) is 1. The summed E-state index contributed by atoms with van der Waals surface area (Å²) in [5.41, 5.74) is 3.51. The Labute approximate surface area is 125 Å². The fourth-order valence-electron chi connectivity index (χ4n) is 1.72. The largest absolute Gasteiger partial charge is 0.380 e. The molecule has 1 aromatic heterocycles. The van der Waals surface area contributed by atoms with Crippen molar-refractivity contribution in [1.29, 1.82) is 0 Å². The van der Waals surface area contributed by atoms with E-state index in [-0.39, 0.29) is 5.91 Å². The first-order valence-electron chi connectivity index (χ1n) is 7.10. The summed E-state index contributed by atoms with van der Waals surface area (Å²) in [6.45, 7) is 7.12. The molecule has 0 fully saturated rings. The normalized spacial score (nSPS) is 10.4. The highest BCUT2D eigenvalue weighted by Gasteiger charge is 2.16. The number of nitrogen functional groups attached to an aromatic ring is 1. The van der Waals surface area contributed by atoms with Crippen LogP contribution in [0, 0.1) is 0 Å². The first-order valence-corrected chi connectivity index (χ1v) is 7.10. The molecule has 0 spiro atoms. The number of amides is 1. The van der Waals surface area contributed by atoms with Gasteiger partial charge in [0.2, 0.25) is 0 Å². The average Bonchev–Trinajstić information content (AvgIpc) is 2.53. The third-order valence-electron chi connectivity index (χ3n) is 2.86. The van der Waals surface area contributed by atoms with Crippen LogP contribution in [0.1, 0.15) is 24.3 Å². The fraction of sp³-hybridized carbons (Fsp3) is 0.571. The van der Waals surface area contributed by atoms with Crippen LogP contribution in [0.5, 0.6) is 0 Å². The lowest BCUT2D eigenvalue weighted by Gasteiger charge is -2.22. The molecule has 1 amide bonds. The molecule has 0 aromatic carbocycles. The molecule has 0 bridgehead atoms. The van der Waals surface area contributed by atoms with Gasteiger partial charge in [0.05, 0.1) is 25.1 Å². The van der Waals surface area contributed by atoms with Crippen LogP contribution in [-0.2, 0) is 9.47 Å². The summed E-state index contributed by atoms with van der Waals surface area (Å²) >= 11 is 0. The highest BCUT2D eigenvalue weighted by atomic mass is 16.5. The zero-order valence-electron chi connectivity index (χ0n) is 12.7. The lowest BCUT2D eigenvalue weighted by Crippen LogP contribution is -2.37. The Hall–Kier alpha value is -1.70. The maximum Gasteiger partial charge on any atom is 0.272 e. The van der Waals surface area contributed by atoms with Crippen LogP contribution in [0.15, 0.2) is 18.3 Å². The Balaban J connectivity index is 2.66. The molecule has 21 heavy (non-hydrogen) atoms. The Morgan fingerprint density at radius 3 is 2.29 bits per heavy atom. The summed E-state index contributed by atoms with van der Waals surface area (Å²) < 4.78 is 10.6. The third-order valence-corrected chi connectivity index (χ3v) is 2.86. The minimum atomic E-state index is -0.141. The van der Waals surface area contributed by atoms with Gasteiger partial charge >= 0.3 is 0 Å². The number of aromatic nitrogens is 1. The van der Waals surface area contributed by atoms with Gasteiger partial charge in [0, 0.05) is 26.3 Å². The number of carbonyl (C=O) groups is 1. The van der Waals surface area contributed by atoms with Crippen LogP contribution in [0.2, 0.25) is 0 Å². The van der Waals surface area contributed by atoms with Crippen LogP contribution >= 0.6 is 0 Å². The van der Waals surface area contributed by atoms with E-state index in [4.69, 9.17) is 15.3 Å². The maximum atomic E-state index is 12.4. The number of ether oxygens (including phenoxy) is 2. The molecule has 118 valence electrons. The van der Waals surface area contributed by atoms with Crippen molar-refractivity contribution in [2.45, 2.75) is 13.8 Å². The van der Waals surface area contributed by atoms with Gasteiger partial charge in [-0.2, -0.15) is 0 Å². The Bertz CT molecular complexity index is 401. The number of carbonyl (C=O) groups excluding carboxylic acids is 1. The van der Waals surface area contributed by atoms with Crippen molar-refractivity contribution >= 4 is 11.6 Å². The van der Waals surface area contributed by atoms with E-state index in [0.717, 1.165) is 0 Å². The minimum Gasteiger partial charge on any atom is -0.380 e. The lowest BCUT2D eigenvalue weighted by atomic mass is 10.3. The number of pyridine rings is 1. The predicted molar refractivity (Wildman–Crippen MR) is 80.9 cm³/mol. The molecule has 0 aliphatic heterocycles. The van der Waals surface area contributed by atoms with Gasteiger partial charge in [-0.05, 0) is 26.0 Å². The summed E-state index contributed by atoms with van der Waals surface area (Å²) in [4.78, 5) is 18.2. The van der Waals surface area contributed by atoms with E-state index >= 15 is 0 Å². The number of anilines is 1. The Morgan fingerprint density at radius 2 is 1.86 bits per heavy atom. The Kier molecular flexibility index (Phi) is 8.34. The van der Waals surface area contributed by atoms with E-state index in [1.54, 1.807) is 17.0 Å². The SMILES string of the molecule is CCOCCN(CCOCC)C(=O)c1ccc(NN)cn1. The molecule has 0 saturated carbocycles. The van der Waals surface area contributed by atoms with E-state index in [2.05, 4.69) is 10.4 Å². The number of hydrogen-bond donors (Lipinski definition) is 2. The second-order valence-electron chi connectivity index (χ2n) is 4.26. The third kappa shape index (κ3) is 6.07. The maximum absolute atomic E-state index is 12.4. The van der Waals surface area contributed by atoms with Crippen LogP contribution in [0.3, 0.4) is 0 Å². The first kappa shape index (κ1) is 17.4. The Morgan fingerprint density at radius 1 is 1.24 bits per heavy atom. The topological polar surface area (TPSA) is 89.7 Å². The van der Waals surface area contributed by atoms with Crippen molar-refractivity contribution in [1.82, 2.24) is 9.88 Å². The minimum absolute atomic E-state index is 0.141. The van der Waals surface area contributed by atoms with Gasteiger partial charge < -0.3 is 19.8 Å². The van der Waals surface area contributed by atoms with Crippen molar-refractivity contribution < 1.29 is 14.3 Å². The summed E-state index contributed by atoms with van der Waals surface area (Å²) in [7, 11) is 0. The molecule has 0 radical (unpaired) electrons. The molecule has 0 saturated heterocycles. The van der Waals surface area contributed by atoms with Crippen molar-refractivity contribution in [3.05, 3.63) is 24.0 Å². The molecule has 7 nitrogen and oxygen atoms in total. The quantitative estimate of drug-likeness (QED) is 0.378. The summed E-state index contributed by atoms with van der Waals surface area (Å²) in [5.74, 6) is 5.14. The van der Waals surface area contributed by atoms with Crippen LogP contribution < -0.4 is 11.3 Å². The zero-order valence-corrected chi connectivity index (χ0v) is 12.7. The smallest absolute Gasteiger partial charge is 0.272 e. The second kappa shape index (κ2) is 10.1. The van der Waals surface area contributed by atoms with E-state index in [1.165, 1.54) is 6.20 Å². The standard InChI is InChI=1S/C14H24N4O3/c1-3-20-9-7-18(8-10-21-4-2)14(19)13-6-5-12(17-15)11-16-13/h5-6,11,17H,3-4,7-10,15H2,1-2H3. The van der Waals surface area contributed by atoms with Crippen LogP contribution in [0.4, 0.5) is 5.69 Å². The summed E-state index contributed by atoms with van der Waals surface area (Å²) in [6, 6.07) is 3.36. The van der Waals surface area contributed by atoms with E-state index in [1.807, 2.05) is 13.8 Å². The van der Waals surface area contributed by atoms with E-state index in [0.29, 0.717) is 50.9 Å². The molecule has 3 N–H and O–H groups in total. The van der Waals surface area contributed by atoms with Gasteiger partial charge in [0.25, 0.3) is 5.91 Å². The lowest BCUT2D eigenvalue weighted by molar-refractivity contribution is 0.0545. The molecule has 1 aromatic rings. The van der Waals surface area contributed by atoms with E-state index in [9.17, 15) is 4.79 Å². The molecular weight excluding hydrogens is 272 g/mol. The van der Waals surface area contributed by atoms with Gasteiger partial charge in [-0.3, -0.25) is 10.6 Å². The molecule has 0 aliphatic rings. The van der Waals surface area contributed by atoms with Gasteiger partial charge in [-0.15, -0.1) is 0 Å². The van der Waals surface area contributed by atoms with Gasteiger partial charge in [-0.25, -0.2) is 4.98 Å². The predicted octanol–water partition coefficient (Wildman–Crippen LogP) is 0.882. The number of hydrazine groups is 1. The molecular formula is C14H24N4O3. The number of nitrogens with zero attached hydrogens (tertiary/aromatic N) is 2. The van der Waals surface area contributed by atoms with Crippen molar-refractivity contribution in [3.63, 3.8) is 0 Å². The molecule has 0 aliphatic carbocycles. The van der Waals surface area contributed by atoms with Crippen molar-refractivity contribution in [2.75, 3.05) is 44.9 Å². The summed E-state index contributed by atoms with van der Waals surface area (Å²) in [5, 5.41) is 0. The molecule has 1 heterocycles. The second-order valence-corrected chi connectivity index (χ2v) is 4.26. The molecule has 0 atom stereocenters. The first-order chi connectivity index (χ1) is 10.2. The molecule has 7 heteroatoms. The van der Waals surface area contributed by atoms with Gasteiger partial charge in [0.15, 0.2) is 0 Å². The number of rotatable bonds is 10.